The summed E-state index contributed by atoms with van der Waals surface area (Å²) in [6.07, 6.45) is -5.45. The van der Waals surface area contributed by atoms with Crippen LogP contribution in [0.5, 0.6) is 0 Å². The first kappa shape index (κ1) is 23.6. The van der Waals surface area contributed by atoms with E-state index in [2.05, 4.69) is 0 Å². The fourth-order valence-corrected chi connectivity index (χ4v) is 3.71. The quantitative estimate of drug-likeness (QED) is 0.535. The van der Waals surface area contributed by atoms with E-state index in [0.29, 0.717) is 11.1 Å². The third-order valence-corrected chi connectivity index (χ3v) is 5.51. The third-order valence-electron chi connectivity index (χ3n) is 5.51. The van der Waals surface area contributed by atoms with Crippen LogP contribution in [0.4, 0.5) is 0 Å². The van der Waals surface area contributed by atoms with E-state index >= 15 is 0 Å². The largest absolute Gasteiger partial charge is 0.452 e. The maximum absolute atomic E-state index is 12.8. The number of hydrogen-bond acceptors (Lipinski definition) is 7. The summed E-state index contributed by atoms with van der Waals surface area (Å²) in [7, 11) is 0. The van der Waals surface area contributed by atoms with Gasteiger partial charge in [-0.3, -0.25) is 0 Å². The third kappa shape index (κ3) is 5.69. The molecular weight excluding hydrogens is 436 g/mol. The Hall–Kier alpha value is -3.52. The summed E-state index contributed by atoms with van der Waals surface area (Å²) >= 11 is 0. The van der Waals surface area contributed by atoms with Gasteiger partial charge in [-0.25, -0.2) is 9.59 Å². The molecule has 0 aromatic heterocycles. The molecule has 0 saturated carbocycles. The maximum atomic E-state index is 12.8. The zero-order valence-corrected chi connectivity index (χ0v) is 18.7. The van der Waals surface area contributed by atoms with Crippen molar-refractivity contribution in [3.05, 3.63) is 108 Å². The highest BCUT2D eigenvalue weighted by Gasteiger charge is 2.49. The monoisotopic (exact) mass is 462 g/mol. The number of aliphatic hydroxyl groups is 1. The Bertz CT molecular complexity index is 1070. The summed E-state index contributed by atoms with van der Waals surface area (Å²) in [5, 5.41) is 11.1. The van der Waals surface area contributed by atoms with Crippen LogP contribution in [0, 0.1) is 0 Å². The molecule has 34 heavy (non-hydrogen) atoms. The van der Waals surface area contributed by atoms with Gasteiger partial charge in [0.25, 0.3) is 0 Å². The van der Waals surface area contributed by atoms with Crippen molar-refractivity contribution in [2.24, 2.45) is 0 Å². The van der Waals surface area contributed by atoms with Gasteiger partial charge in [-0.1, -0.05) is 66.7 Å². The standard InChI is InChI=1S/C27H26O7/c1-18-23(33-25(29)20-13-7-3-8-14-20)24(34-26(30)21-15-9-4-10-16-21)22(28)27(32-18)31-17-19-11-5-2-6-12-19/h2-16,18,22-24,27-28H,17H2,1H3/t18-,22+,23-,24-,27+/m0/s1. The molecule has 1 saturated heterocycles. The molecule has 1 aliphatic heterocycles. The van der Waals surface area contributed by atoms with Crippen LogP contribution in [-0.2, 0) is 25.6 Å². The fraction of sp³-hybridized carbons (Fsp3) is 0.259. The Balaban J connectivity index is 1.53. The van der Waals surface area contributed by atoms with Crippen LogP contribution in [-0.4, -0.2) is 47.8 Å². The van der Waals surface area contributed by atoms with Crippen LogP contribution >= 0.6 is 0 Å². The number of carbonyl (C=O) groups excluding carboxylic acids is 2. The molecule has 7 heteroatoms. The lowest BCUT2D eigenvalue weighted by molar-refractivity contribution is -0.294. The molecular formula is C27H26O7. The molecule has 0 aliphatic carbocycles. The first-order valence-electron chi connectivity index (χ1n) is 11.0. The normalized spacial score (nSPS) is 24.2. The first-order chi connectivity index (χ1) is 16.5. The van der Waals surface area contributed by atoms with Gasteiger partial charge in [0.1, 0.15) is 6.10 Å². The Morgan fingerprint density at radius 3 is 1.76 bits per heavy atom. The van der Waals surface area contributed by atoms with Crippen molar-refractivity contribution in [2.45, 2.75) is 44.2 Å². The summed E-state index contributed by atoms with van der Waals surface area (Å²) in [5.74, 6) is -1.26. The van der Waals surface area contributed by atoms with E-state index < -0.39 is 42.6 Å². The lowest BCUT2D eigenvalue weighted by Crippen LogP contribution is -2.60. The zero-order chi connectivity index (χ0) is 23.9. The average Bonchev–Trinajstić information content (AvgIpc) is 2.88. The van der Waals surface area contributed by atoms with Crippen molar-refractivity contribution in [3.8, 4) is 0 Å². The average molecular weight is 462 g/mol. The van der Waals surface area contributed by atoms with Crippen molar-refractivity contribution < 1.29 is 33.6 Å². The lowest BCUT2D eigenvalue weighted by atomic mass is 9.99. The maximum Gasteiger partial charge on any atom is 0.338 e. The van der Waals surface area contributed by atoms with E-state index in [1.54, 1.807) is 67.6 Å². The molecule has 1 fully saturated rings. The second-order valence-corrected chi connectivity index (χ2v) is 7.97. The van der Waals surface area contributed by atoms with Crippen LogP contribution in [0.3, 0.4) is 0 Å². The molecule has 0 amide bonds. The summed E-state index contributed by atoms with van der Waals surface area (Å²) in [6.45, 7) is 1.86. The Morgan fingerprint density at radius 1 is 0.765 bits per heavy atom. The summed E-state index contributed by atoms with van der Waals surface area (Å²) in [6, 6.07) is 26.3. The number of aliphatic hydroxyl groups excluding tert-OH is 1. The second-order valence-electron chi connectivity index (χ2n) is 7.97. The number of carbonyl (C=O) groups is 2. The Morgan fingerprint density at radius 2 is 1.24 bits per heavy atom. The molecule has 0 unspecified atom stereocenters. The second kappa shape index (κ2) is 11.1. The Labute approximate surface area is 197 Å². The smallest absolute Gasteiger partial charge is 0.338 e. The van der Waals surface area contributed by atoms with Crippen LogP contribution in [0.25, 0.3) is 0 Å². The van der Waals surface area contributed by atoms with Gasteiger partial charge < -0.3 is 24.1 Å². The van der Waals surface area contributed by atoms with E-state index in [1.807, 2.05) is 30.3 Å². The van der Waals surface area contributed by atoms with Gasteiger partial charge in [0.05, 0.1) is 23.8 Å². The molecule has 1 N–H and O–H groups in total. The minimum Gasteiger partial charge on any atom is -0.452 e. The van der Waals surface area contributed by atoms with Crippen molar-refractivity contribution in [3.63, 3.8) is 0 Å². The van der Waals surface area contributed by atoms with Crippen LogP contribution in [0.1, 0.15) is 33.2 Å². The topological polar surface area (TPSA) is 91.3 Å². The number of esters is 2. The minimum atomic E-state index is -1.39. The molecule has 0 spiro atoms. The molecule has 5 atom stereocenters. The summed E-state index contributed by atoms with van der Waals surface area (Å²) < 4.78 is 23.0. The predicted octanol–water partition coefficient (Wildman–Crippen LogP) is 3.76. The fourth-order valence-electron chi connectivity index (χ4n) is 3.71. The molecule has 1 aliphatic rings. The molecule has 0 bridgehead atoms. The number of rotatable bonds is 7. The van der Waals surface area contributed by atoms with Gasteiger partial charge in [-0.05, 0) is 36.8 Å². The van der Waals surface area contributed by atoms with Gasteiger partial charge in [-0.15, -0.1) is 0 Å². The van der Waals surface area contributed by atoms with Gasteiger partial charge in [-0.2, -0.15) is 0 Å². The van der Waals surface area contributed by atoms with E-state index in [0.717, 1.165) is 5.56 Å². The van der Waals surface area contributed by atoms with Crippen LogP contribution in [0.2, 0.25) is 0 Å². The number of ether oxygens (including phenoxy) is 4. The van der Waals surface area contributed by atoms with Gasteiger partial charge in [0.15, 0.2) is 18.5 Å². The molecule has 3 aromatic rings. The lowest BCUT2D eigenvalue weighted by Gasteiger charge is -2.42. The van der Waals surface area contributed by atoms with E-state index in [9.17, 15) is 14.7 Å². The number of benzene rings is 3. The molecule has 1 heterocycles. The SMILES string of the molecule is C[C@@H]1O[C@@H](OCc2ccccc2)[C@H](O)[C@H](OC(=O)c2ccccc2)[C@H]1OC(=O)c1ccccc1. The molecule has 4 rings (SSSR count). The van der Waals surface area contributed by atoms with Gasteiger partial charge in [0, 0.05) is 0 Å². The van der Waals surface area contributed by atoms with E-state index in [4.69, 9.17) is 18.9 Å². The predicted molar refractivity (Wildman–Crippen MR) is 123 cm³/mol. The highest BCUT2D eigenvalue weighted by atomic mass is 16.7. The van der Waals surface area contributed by atoms with Gasteiger partial charge >= 0.3 is 11.9 Å². The van der Waals surface area contributed by atoms with Crippen molar-refractivity contribution >= 4 is 11.9 Å². The molecule has 176 valence electrons. The van der Waals surface area contributed by atoms with E-state index in [-0.39, 0.29) is 6.61 Å². The molecule has 7 nitrogen and oxygen atoms in total. The number of hydrogen-bond donors (Lipinski definition) is 1. The van der Waals surface area contributed by atoms with E-state index in [1.165, 1.54) is 0 Å². The van der Waals surface area contributed by atoms with Crippen LogP contribution in [0.15, 0.2) is 91.0 Å². The summed E-state index contributed by atoms with van der Waals surface area (Å²) in [4.78, 5) is 25.5. The Kier molecular flexibility index (Phi) is 7.69. The highest BCUT2D eigenvalue weighted by molar-refractivity contribution is 5.90. The summed E-state index contributed by atoms with van der Waals surface area (Å²) in [5.41, 5.74) is 1.53. The van der Waals surface area contributed by atoms with Crippen molar-refractivity contribution in [1.29, 1.82) is 0 Å². The van der Waals surface area contributed by atoms with Crippen LogP contribution < -0.4 is 0 Å². The van der Waals surface area contributed by atoms with Gasteiger partial charge in [0.2, 0.25) is 0 Å². The first-order valence-corrected chi connectivity index (χ1v) is 11.0. The van der Waals surface area contributed by atoms with Crippen molar-refractivity contribution in [2.75, 3.05) is 0 Å². The highest BCUT2D eigenvalue weighted by Crippen LogP contribution is 2.28. The minimum absolute atomic E-state index is 0.184. The zero-order valence-electron chi connectivity index (χ0n) is 18.7. The van der Waals surface area contributed by atoms with Crippen molar-refractivity contribution in [1.82, 2.24) is 0 Å². The molecule has 0 radical (unpaired) electrons. The molecule has 3 aromatic carbocycles.